The van der Waals surface area contributed by atoms with Gasteiger partial charge in [0.1, 0.15) is 11.2 Å². The molecule has 0 aromatic heterocycles. The van der Waals surface area contributed by atoms with Crippen molar-refractivity contribution >= 4 is 29.3 Å². The van der Waals surface area contributed by atoms with Crippen LogP contribution in [0.3, 0.4) is 0 Å². The van der Waals surface area contributed by atoms with Crippen molar-refractivity contribution in [2.75, 3.05) is 37.5 Å². The highest BCUT2D eigenvalue weighted by atomic mass is 16.6. The Bertz CT molecular complexity index is 1470. The van der Waals surface area contributed by atoms with Gasteiger partial charge in [0, 0.05) is 30.6 Å². The van der Waals surface area contributed by atoms with Crippen molar-refractivity contribution < 1.29 is 33.7 Å². The first kappa shape index (κ1) is 35.1. The molecule has 3 aromatic rings. The van der Waals surface area contributed by atoms with Gasteiger partial charge in [-0.3, -0.25) is 9.59 Å². The molecule has 0 unspecified atom stereocenters. The SMILES string of the molecule is COCCNc1cc(C(=O)Nc2ccccc2CC(=O)OC(C)(C)C)cc(-c2cccc([C@@H](CO)NC(=O)OC(C)(C)C)c2)c1. The predicted molar refractivity (Wildman–Crippen MR) is 175 cm³/mol. The molecule has 0 saturated heterocycles. The van der Waals surface area contributed by atoms with Crippen LogP contribution in [-0.4, -0.2) is 61.1 Å². The number of carbonyl (C=O) groups excluding carboxylic acids is 3. The molecule has 10 nitrogen and oxygen atoms in total. The predicted octanol–water partition coefficient (Wildman–Crippen LogP) is 6.11. The Kier molecular flexibility index (Phi) is 12.1. The number of hydrogen-bond donors (Lipinski definition) is 4. The largest absolute Gasteiger partial charge is 0.460 e. The molecule has 1 atom stereocenters. The minimum absolute atomic E-state index is 0.00767. The van der Waals surface area contributed by atoms with E-state index in [0.29, 0.717) is 41.2 Å². The number of anilines is 2. The monoisotopic (exact) mass is 619 g/mol. The number of alkyl carbamates (subject to hydrolysis) is 1. The highest BCUT2D eigenvalue weighted by Crippen LogP contribution is 2.29. The van der Waals surface area contributed by atoms with Gasteiger partial charge in [0.25, 0.3) is 5.91 Å². The van der Waals surface area contributed by atoms with Gasteiger partial charge in [-0.25, -0.2) is 4.79 Å². The first-order chi connectivity index (χ1) is 21.2. The van der Waals surface area contributed by atoms with E-state index in [1.165, 1.54) is 0 Å². The maximum atomic E-state index is 13.6. The fourth-order valence-electron chi connectivity index (χ4n) is 4.47. The summed E-state index contributed by atoms with van der Waals surface area (Å²) in [5.74, 6) is -0.752. The second-order valence-corrected chi connectivity index (χ2v) is 12.6. The van der Waals surface area contributed by atoms with E-state index in [1.807, 2.05) is 24.3 Å². The number of aliphatic hydroxyl groups is 1. The second-order valence-electron chi connectivity index (χ2n) is 12.6. The molecule has 2 amide bonds. The van der Waals surface area contributed by atoms with Crippen molar-refractivity contribution in [3.8, 4) is 11.1 Å². The molecule has 0 aliphatic heterocycles. The van der Waals surface area contributed by atoms with E-state index in [4.69, 9.17) is 14.2 Å². The van der Waals surface area contributed by atoms with E-state index in [9.17, 15) is 19.5 Å². The van der Waals surface area contributed by atoms with Crippen LogP contribution in [0, 0.1) is 0 Å². The Hall–Kier alpha value is -4.41. The maximum absolute atomic E-state index is 13.6. The minimum Gasteiger partial charge on any atom is -0.460 e. The van der Waals surface area contributed by atoms with Crippen LogP contribution in [0.2, 0.25) is 0 Å². The molecule has 0 fully saturated rings. The number of rotatable bonds is 12. The molecule has 0 heterocycles. The van der Waals surface area contributed by atoms with Crippen LogP contribution < -0.4 is 16.0 Å². The van der Waals surface area contributed by atoms with E-state index in [2.05, 4.69) is 16.0 Å². The number of amides is 2. The lowest BCUT2D eigenvalue weighted by molar-refractivity contribution is -0.153. The molecule has 0 aliphatic carbocycles. The number of carbonyl (C=O) groups is 3. The molecule has 10 heteroatoms. The van der Waals surface area contributed by atoms with Gasteiger partial charge in [0.05, 0.1) is 25.7 Å². The van der Waals surface area contributed by atoms with Gasteiger partial charge in [-0.1, -0.05) is 36.4 Å². The summed E-state index contributed by atoms with van der Waals surface area (Å²) in [7, 11) is 1.61. The molecule has 3 aromatic carbocycles. The highest BCUT2D eigenvalue weighted by Gasteiger charge is 2.22. The summed E-state index contributed by atoms with van der Waals surface area (Å²) in [6.07, 6.45) is -0.629. The van der Waals surface area contributed by atoms with Crippen molar-refractivity contribution in [2.24, 2.45) is 0 Å². The van der Waals surface area contributed by atoms with E-state index in [1.54, 1.807) is 91.1 Å². The Morgan fingerprint density at radius 1 is 0.844 bits per heavy atom. The number of methoxy groups -OCH3 is 1. The highest BCUT2D eigenvalue weighted by molar-refractivity contribution is 6.06. The standard InChI is InChI=1S/C35H45N3O7/c1-34(2,3)44-31(40)21-25-11-8-9-14-29(25)37-32(41)27-18-26(19-28(20-27)36-15-16-43-7)23-12-10-13-24(17-23)30(22-39)38-33(42)45-35(4,5)6/h8-14,17-20,30,36,39H,15-16,21-22H2,1-7H3,(H,37,41)(H,38,42)/t30-/m1/s1. The zero-order chi connectivity index (χ0) is 33.2. The summed E-state index contributed by atoms with van der Waals surface area (Å²) >= 11 is 0. The average Bonchev–Trinajstić information content (AvgIpc) is 2.95. The number of aliphatic hydroxyl groups excluding tert-OH is 1. The van der Waals surface area contributed by atoms with Gasteiger partial charge in [-0.2, -0.15) is 0 Å². The van der Waals surface area contributed by atoms with Gasteiger partial charge in [0.2, 0.25) is 0 Å². The molecule has 0 aliphatic rings. The zero-order valence-corrected chi connectivity index (χ0v) is 27.2. The smallest absolute Gasteiger partial charge is 0.408 e. The lowest BCUT2D eigenvalue weighted by Gasteiger charge is -2.23. The molecular weight excluding hydrogens is 574 g/mol. The molecular formula is C35H45N3O7. The second kappa shape index (κ2) is 15.5. The number of esters is 1. The van der Waals surface area contributed by atoms with Crippen LogP contribution >= 0.6 is 0 Å². The number of para-hydroxylation sites is 1. The molecule has 4 N–H and O–H groups in total. The number of benzene rings is 3. The third-order valence-electron chi connectivity index (χ3n) is 6.35. The van der Waals surface area contributed by atoms with Gasteiger partial charge in [-0.15, -0.1) is 0 Å². The Labute approximate surface area is 265 Å². The van der Waals surface area contributed by atoms with Crippen LogP contribution in [-0.2, 0) is 25.4 Å². The van der Waals surface area contributed by atoms with Crippen LogP contribution in [0.25, 0.3) is 11.1 Å². The van der Waals surface area contributed by atoms with Gasteiger partial charge in [-0.05, 0) is 94.1 Å². The molecule has 0 radical (unpaired) electrons. The normalized spacial score (nSPS) is 12.2. The van der Waals surface area contributed by atoms with Crippen molar-refractivity contribution in [1.82, 2.24) is 5.32 Å². The third-order valence-corrected chi connectivity index (χ3v) is 6.35. The average molecular weight is 620 g/mol. The fraction of sp³-hybridized carbons (Fsp3) is 0.400. The van der Waals surface area contributed by atoms with E-state index in [-0.39, 0.29) is 18.9 Å². The van der Waals surface area contributed by atoms with Crippen LogP contribution in [0.5, 0.6) is 0 Å². The van der Waals surface area contributed by atoms with Crippen LogP contribution in [0.4, 0.5) is 16.2 Å². The number of nitrogens with one attached hydrogen (secondary N) is 3. The molecule has 3 rings (SSSR count). The topological polar surface area (TPSA) is 135 Å². The van der Waals surface area contributed by atoms with Crippen molar-refractivity contribution in [3.63, 3.8) is 0 Å². The summed E-state index contributed by atoms with van der Waals surface area (Å²) < 4.78 is 16.0. The molecule has 0 spiro atoms. The van der Waals surface area contributed by atoms with Gasteiger partial charge < -0.3 is 35.3 Å². The number of ether oxygens (including phenoxy) is 3. The Balaban J connectivity index is 1.92. The summed E-state index contributed by atoms with van der Waals surface area (Å²) in [6, 6.07) is 19.2. The first-order valence-corrected chi connectivity index (χ1v) is 14.9. The van der Waals surface area contributed by atoms with E-state index in [0.717, 1.165) is 11.1 Å². The quantitative estimate of drug-likeness (QED) is 0.141. The van der Waals surface area contributed by atoms with E-state index >= 15 is 0 Å². The maximum Gasteiger partial charge on any atom is 0.408 e. The van der Waals surface area contributed by atoms with Gasteiger partial charge in [0.15, 0.2) is 0 Å². The van der Waals surface area contributed by atoms with Crippen molar-refractivity contribution in [2.45, 2.75) is 65.2 Å². The summed E-state index contributed by atoms with van der Waals surface area (Å²) in [4.78, 5) is 38.6. The molecule has 242 valence electrons. The lowest BCUT2D eigenvalue weighted by Crippen LogP contribution is -2.36. The zero-order valence-electron chi connectivity index (χ0n) is 27.2. The van der Waals surface area contributed by atoms with Crippen molar-refractivity contribution in [1.29, 1.82) is 0 Å². The van der Waals surface area contributed by atoms with Crippen molar-refractivity contribution in [3.05, 3.63) is 83.4 Å². The third kappa shape index (κ3) is 11.6. The fourth-order valence-corrected chi connectivity index (χ4v) is 4.47. The summed E-state index contributed by atoms with van der Waals surface area (Å²) in [5.41, 5.74) is 3.09. The summed E-state index contributed by atoms with van der Waals surface area (Å²) in [6.45, 7) is 11.4. The van der Waals surface area contributed by atoms with Crippen LogP contribution in [0.15, 0.2) is 66.7 Å². The minimum atomic E-state index is -0.702. The van der Waals surface area contributed by atoms with Gasteiger partial charge >= 0.3 is 12.1 Å². The molecule has 0 saturated carbocycles. The lowest BCUT2D eigenvalue weighted by atomic mass is 9.97. The Morgan fingerprint density at radius 3 is 2.22 bits per heavy atom. The Morgan fingerprint density at radius 2 is 1.56 bits per heavy atom. The number of hydrogen-bond acceptors (Lipinski definition) is 8. The van der Waals surface area contributed by atoms with E-state index < -0.39 is 29.3 Å². The summed E-state index contributed by atoms with van der Waals surface area (Å²) in [5, 5.41) is 19.0. The van der Waals surface area contributed by atoms with Crippen LogP contribution in [0.1, 0.15) is 69.1 Å². The first-order valence-electron chi connectivity index (χ1n) is 14.9. The molecule has 0 bridgehead atoms. The molecule has 45 heavy (non-hydrogen) atoms.